The molecule has 0 amide bonds. The van der Waals surface area contributed by atoms with Crippen molar-refractivity contribution in [3.05, 3.63) is 35.5 Å². The van der Waals surface area contributed by atoms with Gasteiger partial charge in [0.25, 0.3) is 0 Å². The Morgan fingerprint density at radius 3 is 2.29 bits per heavy atom. The van der Waals surface area contributed by atoms with Crippen molar-refractivity contribution in [2.45, 2.75) is 0 Å². The second kappa shape index (κ2) is 5.83. The number of nitrogens with one attached hydrogen (secondary N) is 1. The normalized spacial score (nSPS) is 9.18. The molecular formula is C10H8NNaO5. The molecule has 0 bridgehead atoms. The zero-order chi connectivity index (χ0) is 11.0. The Hall–Kier alpha value is -1.34. The summed E-state index contributed by atoms with van der Waals surface area (Å²) in [6.45, 7) is 0. The molecule has 0 saturated carbocycles. The van der Waals surface area contributed by atoms with Crippen LogP contribution in [0.3, 0.4) is 0 Å². The molecule has 0 aliphatic carbocycles. The molecule has 0 saturated heterocycles. The number of carboxylic acids is 2. The van der Waals surface area contributed by atoms with E-state index in [4.69, 9.17) is 10.2 Å². The number of rotatable bonds is 2. The van der Waals surface area contributed by atoms with Gasteiger partial charge in [0.2, 0.25) is 0 Å². The number of fused-ring (bicyclic) bond motifs is 1. The summed E-state index contributed by atoms with van der Waals surface area (Å²) < 4.78 is 0. The van der Waals surface area contributed by atoms with Gasteiger partial charge in [-0.25, -0.2) is 9.59 Å². The van der Waals surface area contributed by atoms with Crippen molar-refractivity contribution in [2.24, 2.45) is 0 Å². The van der Waals surface area contributed by atoms with Gasteiger partial charge in [0.15, 0.2) is 0 Å². The molecular weight excluding hydrogens is 237 g/mol. The van der Waals surface area contributed by atoms with Crippen LogP contribution in [0.25, 0.3) is 10.9 Å². The van der Waals surface area contributed by atoms with Gasteiger partial charge in [0.05, 0.1) is 5.56 Å². The number of H-pyrrole nitrogens is 1. The Kier molecular flexibility index (Phi) is 5.37. The van der Waals surface area contributed by atoms with Gasteiger partial charge >= 0.3 is 41.5 Å². The number of carboxylic acid groups (broad SMARTS) is 2. The van der Waals surface area contributed by atoms with E-state index >= 15 is 0 Å². The summed E-state index contributed by atoms with van der Waals surface area (Å²) in [5.41, 5.74) is 0.585. The number of hydrogen-bond acceptors (Lipinski definition) is 3. The van der Waals surface area contributed by atoms with Crippen molar-refractivity contribution in [3.8, 4) is 0 Å². The van der Waals surface area contributed by atoms with Gasteiger partial charge < -0.3 is 20.7 Å². The topological polar surface area (TPSA) is 120 Å². The molecule has 17 heavy (non-hydrogen) atoms. The first-order chi connectivity index (χ1) is 7.09. The van der Waals surface area contributed by atoms with Crippen molar-refractivity contribution in [1.82, 2.24) is 4.98 Å². The van der Waals surface area contributed by atoms with Crippen LogP contribution in [0.5, 0.6) is 0 Å². The van der Waals surface area contributed by atoms with Crippen LogP contribution >= 0.6 is 0 Å². The van der Waals surface area contributed by atoms with Crippen molar-refractivity contribution in [1.29, 1.82) is 0 Å². The molecule has 0 aliphatic rings. The molecule has 0 spiro atoms. The Balaban J connectivity index is 0.00000128. The number of hydrogen-bond donors (Lipinski definition) is 3. The van der Waals surface area contributed by atoms with Crippen LogP contribution in [0.15, 0.2) is 24.3 Å². The van der Waals surface area contributed by atoms with Crippen molar-refractivity contribution >= 4 is 22.8 Å². The van der Waals surface area contributed by atoms with Crippen LogP contribution in [0.4, 0.5) is 0 Å². The second-order valence-electron chi connectivity index (χ2n) is 3.06. The minimum atomic E-state index is -1.11. The van der Waals surface area contributed by atoms with Crippen molar-refractivity contribution in [3.63, 3.8) is 0 Å². The summed E-state index contributed by atoms with van der Waals surface area (Å²) in [7, 11) is 0. The number of carbonyl (C=O) groups is 2. The third-order valence-corrected chi connectivity index (χ3v) is 2.12. The maximum Gasteiger partial charge on any atom is 1.00 e. The molecule has 1 heterocycles. The van der Waals surface area contributed by atoms with E-state index in [0.717, 1.165) is 0 Å². The molecule has 1 aromatic heterocycles. The smallest absolute Gasteiger partial charge is 0.870 e. The van der Waals surface area contributed by atoms with Gasteiger partial charge in [-0.15, -0.1) is 0 Å². The minimum Gasteiger partial charge on any atom is -0.870 e. The monoisotopic (exact) mass is 245 g/mol. The SMILES string of the molecule is O=C(O)c1cc2c(C(=O)O)cccc2[nH]1.[Na+].[OH-]. The third kappa shape index (κ3) is 2.86. The summed E-state index contributed by atoms with van der Waals surface area (Å²) in [6, 6.07) is 5.95. The fourth-order valence-corrected chi connectivity index (χ4v) is 1.46. The first-order valence-corrected chi connectivity index (χ1v) is 4.18. The van der Waals surface area contributed by atoms with E-state index < -0.39 is 11.9 Å². The molecule has 6 nitrogen and oxygen atoms in total. The van der Waals surface area contributed by atoms with Crippen molar-refractivity contribution < 1.29 is 54.8 Å². The fraction of sp³-hybridized carbons (Fsp3) is 0. The van der Waals surface area contributed by atoms with E-state index in [2.05, 4.69) is 4.98 Å². The van der Waals surface area contributed by atoms with Gasteiger partial charge in [-0.1, -0.05) is 6.07 Å². The summed E-state index contributed by atoms with van der Waals surface area (Å²) >= 11 is 0. The average molecular weight is 245 g/mol. The molecule has 0 atom stereocenters. The summed E-state index contributed by atoms with van der Waals surface area (Å²) in [6.07, 6.45) is 0. The summed E-state index contributed by atoms with van der Waals surface area (Å²) in [4.78, 5) is 24.1. The first-order valence-electron chi connectivity index (χ1n) is 4.18. The van der Waals surface area contributed by atoms with Gasteiger partial charge in [-0.2, -0.15) is 0 Å². The average Bonchev–Trinajstić information content (AvgIpc) is 2.60. The number of aromatic amines is 1. The van der Waals surface area contributed by atoms with E-state index in [-0.39, 0.29) is 46.3 Å². The fourth-order valence-electron chi connectivity index (χ4n) is 1.46. The Labute approximate surface area is 118 Å². The van der Waals surface area contributed by atoms with Crippen LogP contribution < -0.4 is 29.6 Å². The zero-order valence-electron chi connectivity index (χ0n) is 8.97. The first kappa shape index (κ1) is 15.7. The quantitative estimate of drug-likeness (QED) is 0.550. The molecule has 7 heteroatoms. The van der Waals surface area contributed by atoms with Crippen LogP contribution in [0, 0.1) is 0 Å². The van der Waals surface area contributed by atoms with E-state index in [9.17, 15) is 9.59 Å². The second-order valence-corrected chi connectivity index (χ2v) is 3.06. The van der Waals surface area contributed by atoms with E-state index in [1.807, 2.05) is 0 Å². The summed E-state index contributed by atoms with van der Waals surface area (Å²) in [5, 5.41) is 18.0. The maximum absolute atomic E-state index is 10.8. The molecule has 0 unspecified atom stereocenters. The largest absolute Gasteiger partial charge is 1.00 e. The molecule has 4 N–H and O–H groups in total. The molecule has 84 valence electrons. The van der Waals surface area contributed by atoms with Crippen LogP contribution in [0.2, 0.25) is 0 Å². The molecule has 0 fully saturated rings. The van der Waals surface area contributed by atoms with Crippen molar-refractivity contribution in [2.75, 3.05) is 0 Å². The van der Waals surface area contributed by atoms with Gasteiger partial charge in [0, 0.05) is 10.9 Å². The molecule has 2 rings (SSSR count). The molecule has 0 aliphatic heterocycles. The number of aromatic carboxylic acids is 2. The van der Waals surface area contributed by atoms with Crippen LogP contribution in [-0.4, -0.2) is 32.6 Å². The molecule has 2 aromatic rings. The third-order valence-electron chi connectivity index (χ3n) is 2.12. The Morgan fingerprint density at radius 2 is 1.76 bits per heavy atom. The van der Waals surface area contributed by atoms with Crippen LogP contribution in [-0.2, 0) is 0 Å². The van der Waals surface area contributed by atoms with Gasteiger partial charge in [0.1, 0.15) is 5.69 Å². The predicted octanol–water partition coefficient (Wildman–Crippen LogP) is -1.61. The molecule has 1 aromatic carbocycles. The Bertz CT molecular complexity index is 563. The molecule has 0 radical (unpaired) electrons. The van der Waals surface area contributed by atoms with E-state index in [1.165, 1.54) is 12.1 Å². The van der Waals surface area contributed by atoms with Gasteiger partial charge in [-0.05, 0) is 18.2 Å². The summed E-state index contributed by atoms with van der Waals surface area (Å²) in [5.74, 6) is -2.18. The van der Waals surface area contributed by atoms with Gasteiger partial charge in [-0.3, -0.25) is 0 Å². The van der Waals surface area contributed by atoms with E-state index in [0.29, 0.717) is 10.9 Å². The van der Waals surface area contributed by atoms with E-state index in [1.54, 1.807) is 12.1 Å². The standard InChI is InChI=1S/C10H7NO4.Na.H2O/c12-9(13)5-2-1-3-7-6(5)4-8(11-7)10(14)15;;/h1-4,11H,(H,12,13)(H,14,15);;1H2/q;+1;/p-1. The minimum absolute atomic E-state index is 0. The van der Waals surface area contributed by atoms with Crippen LogP contribution in [0.1, 0.15) is 20.8 Å². The Morgan fingerprint density at radius 1 is 1.12 bits per heavy atom. The predicted molar refractivity (Wildman–Crippen MR) is 54.2 cm³/mol. The maximum atomic E-state index is 10.8. The number of aromatic nitrogens is 1. The zero-order valence-corrected chi connectivity index (χ0v) is 11.0. The number of benzene rings is 1.